The molecule has 12 N–H and O–H groups in total. The maximum absolute atomic E-state index is 12.4. The van der Waals surface area contributed by atoms with Crippen LogP contribution in [0, 0.1) is 0 Å². The monoisotopic (exact) mass is 544 g/mol. The van der Waals surface area contributed by atoms with Crippen LogP contribution in [0.25, 0.3) is 22.3 Å². The second-order valence-electron chi connectivity index (χ2n) is 7.62. The Morgan fingerprint density at radius 1 is 0.919 bits per heavy atom. The van der Waals surface area contributed by atoms with E-state index in [1.165, 1.54) is 0 Å². The van der Waals surface area contributed by atoms with Crippen LogP contribution in [-0.2, 0) is 14.9 Å². The molecule has 0 fully saturated rings. The van der Waals surface area contributed by atoms with Gasteiger partial charge in [-0.1, -0.05) is 6.42 Å². The van der Waals surface area contributed by atoms with Crippen molar-refractivity contribution in [3.63, 3.8) is 0 Å². The molecule has 15 nitrogen and oxygen atoms in total. The largest absolute Gasteiger partial charge is 0.507 e. The molecule has 1 atom stereocenters. The van der Waals surface area contributed by atoms with Gasteiger partial charge in [-0.3, -0.25) is 14.1 Å². The molecular formula is C21H24N2O13S. The molecule has 16 heteroatoms. The Bertz CT molecular complexity index is 1480. The first-order valence-corrected chi connectivity index (χ1v) is 11.7. The van der Waals surface area contributed by atoms with E-state index in [1.807, 2.05) is 0 Å². The molecule has 0 bridgehead atoms. The number of aromatic hydroxyl groups is 6. The molecule has 1 unspecified atom stereocenters. The summed E-state index contributed by atoms with van der Waals surface area (Å²) < 4.78 is 37.5. The minimum absolute atomic E-state index is 0.372. The molecule has 0 amide bonds. The van der Waals surface area contributed by atoms with Crippen LogP contribution in [-0.4, -0.2) is 67.3 Å². The fourth-order valence-corrected chi connectivity index (χ4v) is 3.82. The topological polar surface area (TPSA) is 295 Å². The normalized spacial score (nSPS) is 12.1. The summed E-state index contributed by atoms with van der Waals surface area (Å²) in [5.74, 6) is -7.57. The fourth-order valence-electron chi connectivity index (χ4n) is 3.11. The van der Waals surface area contributed by atoms with Gasteiger partial charge < -0.3 is 51.6 Å². The van der Waals surface area contributed by atoms with E-state index in [2.05, 4.69) is 0 Å². The first-order valence-electron chi connectivity index (χ1n) is 10.3. The number of rotatable bonds is 7. The van der Waals surface area contributed by atoms with E-state index in [4.69, 9.17) is 21.0 Å². The summed E-state index contributed by atoms with van der Waals surface area (Å²) in [5, 5.41) is 65.6. The van der Waals surface area contributed by atoms with Crippen molar-refractivity contribution in [3.8, 4) is 45.8 Å². The third-order valence-corrected chi connectivity index (χ3v) is 5.84. The highest BCUT2D eigenvalue weighted by Crippen LogP contribution is 2.43. The van der Waals surface area contributed by atoms with Crippen molar-refractivity contribution in [1.29, 1.82) is 0 Å². The van der Waals surface area contributed by atoms with Gasteiger partial charge in [0.05, 0.1) is 0 Å². The average Bonchev–Trinajstić information content (AvgIpc) is 2.78. The molecule has 0 aliphatic heterocycles. The lowest BCUT2D eigenvalue weighted by Gasteiger charge is -2.11. The number of carbonyl (C=O) groups is 1. The zero-order valence-corrected chi connectivity index (χ0v) is 19.6. The standard InChI is InChI=1S/C15H10O11S.C6H14N2O2/c16-5-3-8(19)15(27(23,24)25)14-9(5)11(21)12(22)13(26-14)4-1-6(17)10(20)7(18)2-4;7-4-2-1-3-5(8)6(9)10/h1-3,16-20,22H,(H,23,24,25);5H,1-4,7-8H2,(H,9,10). The van der Waals surface area contributed by atoms with Crippen molar-refractivity contribution < 1.29 is 57.9 Å². The molecule has 37 heavy (non-hydrogen) atoms. The Kier molecular flexibility index (Phi) is 8.78. The molecule has 0 aliphatic carbocycles. The molecule has 0 spiro atoms. The smallest absolute Gasteiger partial charge is 0.320 e. The number of carboxylic acid groups (broad SMARTS) is 1. The molecule has 0 saturated heterocycles. The van der Waals surface area contributed by atoms with E-state index in [0.717, 1.165) is 25.0 Å². The van der Waals surface area contributed by atoms with Gasteiger partial charge in [-0.2, -0.15) is 8.42 Å². The first-order chi connectivity index (χ1) is 17.1. The number of nitrogens with two attached hydrogens (primary N) is 2. The van der Waals surface area contributed by atoms with Crippen molar-refractivity contribution in [3.05, 3.63) is 28.4 Å². The van der Waals surface area contributed by atoms with Crippen molar-refractivity contribution >= 4 is 27.1 Å². The van der Waals surface area contributed by atoms with Gasteiger partial charge in [0.15, 0.2) is 33.5 Å². The number of fused-ring (bicyclic) bond motifs is 1. The zero-order chi connectivity index (χ0) is 28.2. The molecule has 3 aromatic rings. The number of unbranched alkanes of at least 4 members (excludes halogenated alkanes) is 1. The minimum atomic E-state index is -5.14. The average molecular weight is 544 g/mol. The Hall–Kier alpha value is -4.25. The number of hydrogen-bond acceptors (Lipinski definition) is 13. The van der Waals surface area contributed by atoms with Gasteiger partial charge in [0, 0.05) is 11.6 Å². The number of carboxylic acids is 1. The van der Waals surface area contributed by atoms with E-state index in [1.54, 1.807) is 0 Å². The summed E-state index contributed by atoms with van der Waals surface area (Å²) in [6, 6.07) is 1.29. The van der Waals surface area contributed by atoms with Crippen LogP contribution in [0.2, 0.25) is 0 Å². The Labute approximate surface area is 207 Å². The quantitative estimate of drug-likeness (QED) is 0.110. The molecule has 202 valence electrons. The van der Waals surface area contributed by atoms with Gasteiger partial charge in [0.25, 0.3) is 0 Å². The van der Waals surface area contributed by atoms with Crippen LogP contribution in [0.4, 0.5) is 0 Å². The van der Waals surface area contributed by atoms with Crippen molar-refractivity contribution in [1.82, 2.24) is 0 Å². The molecule has 2 aromatic carbocycles. The maximum atomic E-state index is 12.4. The lowest BCUT2D eigenvalue weighted by molar-refractivity contribution is -0.138. The summed E-state index contributed by atoms with van der Waals surface area (Å²) in [6.45, 7) is 0.604. The van der Waals surface area contributed by atoms with Crippen LogP contribution >= 0.6 is 0 Å². The summed E-state index contributed by atoms with van der Waals surface area (Å²) in [4.78, 5) is 21.3. The van der Waals surface area contributed by atoms with Gasteiger partial charge >= 0.3 is 16.1 Å². The minimum Gasteiger partial charge on any atom is -0.507 e. The molecule has 1 aromatic heterocycles. The van der Waals surface area contributed by atoms with Crippen molar-refractivity contribution in [2.24, 2.45) is 11.5 Å². The third-order valence-electron chi connectivity index (χ3n) is 4.93. The number of phenolic OH excluding ortho intramolecular Hbond substituents is 5. The maximum Gasteiger partial charge on any atom is 0.320 e. The lowest BCUT2D eigenvalue weighted by atomic mass is 10.1. The predicted octanol–water partition coefficient (Wildman–Crippen LogP) is 0.468. The summed E-state index contributed by atoms with van der Waals surface area (Å²) in [7, 11) is -5.14. The van der Waals surface area contributed by atoms with Crippen molar-refractivity contribution in [2.45, 2.75) is 30.2 Å². The Morgan fingerprint density at radius 2 is 1.49 bits per heavy atom. The van der Waals surface area contributed by atoms with E-state index in [9.17, 15) is 53.2 Å². The summed E-state index contributed by atoms with van der Waals surface area (Å²) in [5.41, 5.74) is 7.73. The molecule has 0 radical (unpaired) electrons. The van der Waals surface area contributed by atoms with Crippen LogP contribution in [0.15, 0.2) is 32.3 Å². The van der Waals surface area contributed by atoms with Gasteiger partial charge in [-0.25, -0.2) is 0 Å². The van der Waals surface area contributed by atoms with Gasteiger partial charge in [-0.05, 0) is 31.5 Å². The fraction of sp³-hybridized carbons (Fsp3) is 0.238. The van der Waals surface area contributed by atoms with Gasteiger partial charge in [-0.15, -0.1) is 0 Å². The zero-order valence-electron chi connectivity index (χ0n) is 18.8. The van der Waals surface area contributed by atoms with E-state index in [-0.39, 0.29) is 5.56 Å². The molecule has 0 saturated carbocycles. The predicted molar refractivity (Wildman–Crippen MR) is 126 cm³/mol. The molecule has 1 heterocycles. The van der Waals surface area contributed by atoms with E-state index in [0.29, 0.717) is 19.0 Å². The van der Waals surface area contributed by atoms with E-state index >= 15 is 0 Å². The van der Waals surface area contributed by atoms with Crippen LogP contribution in [0.1, 0.15) is 19.3 Å². The second kappa shape index (κ2) is 11.2. The number of hydrogen-bond donors (Lipinski definition) is 10. The number of benzene rings is 2. The second-order valence-corrected chi connectivity index (χ2v) is 8.98. The van der Waals surface area contributed by atoms with Gasteiger partial charge in [0.2, 0.25) is 11.2 Å². The lowest BCUT2D eigenvalue weighted by Crippen LogP contribution is -2.29. The summed E-state index contributed by atoms with van der Waals surface area (Å²) >= 11 is 0. The molecular weight excluding hydrogens is 520 g/mol. The highest BCUT2D eigenvalue weighted by atomic mass is 32.2. The first kappa shape index (κ1) is 29.0. The number of aliphatic carboxylic acids is 1. The number of phenols is 5. The van der Waals surface area contributed by atoms with Gasteiger partial charge in [0.1, 0.15) is 22.9 Å². The molecule has 3 rings (SSSR count). The highest BCUT2D eigenvalue weighted by molar-refractivity contribution is 7.86. The highest BCUT2D eigenvalue weighted by Gasteiger charge is 2.29. The third kappa shape index (κ3) is 6.31. The van der Waals surface area contributed by atoms with Crippen LogP contribution < -0.4 is 16.9 Å². The SMILES string of the molecule is NCCCCC(N)C(=O)O.O=c1c(O)c(-c2cc(O)c(O)c(O)c2)oc2c(S(=O)(=O)O)c(O)cc(O)c12. The Morgan fingerprint density at radius 3 is 1.97 bits per heavy atom. The van der Waals surface area contributed by atoms with Crippen LogP contribution in [0.3, 0.4) is 0 Å². The summed E-state index contributed by atoms with van der Waals surface area (Å²) in [6.07, 6.45) is 2.16. The molecule has 0 aliphatic rings. The van der Waals surface area contributed by atoms with Crippen LogP contribution in [0.5, 0.6) is 34.5 Å². The Balaban J connectivity index is 0.000000410. The van der Waals surface area contributed by atoms with E-state index < -0.39 is 83.7 Å². The van der Waals surface area contributed by atoms with Crippen molar-refractivity contribution in [2.75, 3.05) is 6.54 Å².